The van der Waals surface area contributed by atoms with Crippen LogP contribution in [0.4, 0.5) is 30.5 Å². The zero-order chi connectivity index (χ0) is 26.9. The van der Waals surface area contributed by atoms with Crippen LogP contribution in [0.15, 0.2) is 55.1 Å². The molecule has 206 valence electrons. The van der Waals surface area contributed by atoms with Crippen LogP contribution < -0.4 is 20.7 Å². The Labute approximate surface area is 229 Å². The van der Waals surface area contributed by atoms with E-state index in [1.54, 1.807) is 24.4 Å². The predicted molar refractivity (Wildman–Crippen MR) is 145 cm³/mol. The number of nitrogens with zero attached hydrogens (tertiary/aromatic N) is 6. The van der Waals surface area contributed by atoms with Gasteiger partial charge in [0.2, 0.25) is 0 Å². The highest BCUT2D eigenvalue weighted by Crippen LogP contribution is 2.36. The average Bonchev–Trinajstić information content (AvgIpc) is 3.39. The van der Waals surface area contributed by atoms with Gasteiger partial charge in [0.25, 0.3) is 0 Å². The molecule has 0 amide bonds. The lowest BCUT2D eigenvalue weighted by molar-refractivity contribution is 0.0566. The Hall–Kier alpha value is -3.90. The van der Waals surface area contributed by atoms with Crippen LogP contribution >= 0.6 is 12.4 Å². The van der Waals surface area contributed by atoms with Gasteiger partial charge in [-0.25, -0.2) is 24.0 Å². The Balaban J connectivity index is 0.00000353. The van der Waals surface area contributed by atoms with Gasteiger partial charge in [-0.1, -0.05) is 6.07 Å². The number of hydrogen-bond acceptors (Lipinski definition) is 8. The van der Waals surface area contributed by atoms with Crippen LogP contribution in [-0.4, -0.2) is 50.5 Å². The largest absolute Gasteiger partial charge is 0.496 e. The van der Waals surface area contributed by atoms with Crippen LogP contribution in [0.3, 0.4) is 0 Å². The highest BCUT2D eigenvalue weighted by molar-refractivity contribution is 5.85. The maximum atomic E-state index is 14.6. The lowest BCUT2D eigenvalue weighted by atomic mass is 9.91. The van der Waals surface area contributed by atoms with E-state index in [-0.39, 0.29) is 23.8 Å². The summed E-state index contributed by atoms with van der Waals surface area (Å²) < 4.78 is 46.9. The number of rotatable bonds is 7. The van der Waals surface area contributed by atoms with Crippen molar-refractivity contribution >= 4 is 29.7 Å². The van der Waals surface area contributed by atoms with Crippen molar-refractivity contribution in [1.82, 2.24) is 24.7 Å². The van der Waals surface area contributed by atoms with Gasteiger partial charge >= 0.3 is 6.55 Å². The fourth-order valence-electron chi connectivity index (χ4n) is 4.63. The summed E-state index contributed by atoms with van der Waals surface area (Å²) in [6, 6.07) is 7.95. The number of anilines is 3. The van der Waals surface area contributed by atoms with Gasteiger partial charge in [-0.3, -0.25) is 0 Å². The van der Waals surface area contributed by atoms with Crippen molar-refractivity contribution < 1.29 is 17.9 Å². The zero-order valence-corrected chi connectivity index (χ0v) is 22.1. The Bertz CT molecular complexity index is 1450. The number of methoxy groups -OCH3 is 1. The van der Waals surface area contributed by atoms with Crippen molar-refractivity contribution in [3.8, 4) is 28.3 Å². The minimum absolute atomic E-state index is 0. The second kappa shape index (κ2) is 11.5. The van der Waals surface area contributed by atoms with Crippen molar-refractivity contribution in [3.63, 3.8) is 0 Å². The molecule has 1 aliphatic rings. The fourth-order valence-corrected chi connectivity index (χ4v) is 4.63. The summed E-state index contributed by atoms with van der Waals surface area (Å²) in [6.45, 7) is 0.574. The number of halogens is 4. The van der Waals surface area contributed by atoms with Crippen LogP contribution in [0.2, 0.25) is 0 Å². The summed E-state index contributed by atoms with van der Waals surface area (Å²) in [6.07, 6.45) is 7.56. The van der Waals surface area contributed by atoms with E-state index in [4.69, 9.17) is 10.5 Å². The van der Waals surface area contributed by atoms with Gasteiger partial charge in [0.05, 0.1) is 18.9 Å². The first kappa shape index (κ1) is 28.1. The molecule has 0 bridgehead atoms. The lowest BCUT2D eigenvalue weighted by Crippen LogP contribution is -2.52. The summed E-state index contributed by atoms with van der Waals surface area (Å²) >= 11 is 0. The molecule has 1 fully saturated rings. The Morgan fingerprint density at radius 1 is 1.15 bits per heavy atom. The molecule has 1 aromatic carbocycles. The molecule has 0 spiro atoms. The number of pyridine rings is 1. The molecule has 13 heteroatoms. The van der Waals surface area contributed by atoms with E-state index in [1.165, 1.54) is 31.8 Å². The maximum absolute atomic E-state index is 14.6. The predicted octanol–water partition coefficient (Wildman–Crippen LogP) is 5.43. The van der Waals surface area contributed by atoms with Gasteiger partial charge in [0.15, 0.2) is 5.82 Å². The molecule has 4 aromatic rings. The van der Waals surface area contributed by atoms with Gasteiger partial charge in [-0.05, 0) is 38.0 Å². The SMILES string of the molecule is COc1cccc(F)c1-c1nccc(Nc2cc(N3CCC[C@](C)(N)C3)c(-c3cnn(C(F)F)c3)cn2)n1.Cl. The van der Waals surface area contributed by atoms with Crippen molar-refractivity contribution in [2.45, 2.75) is 31.9 Å². The third-order valence-electron chi connectivity index (χ3n) is 6.39. The molecular weight excluding hydrogens is 533 g/mol. The molecule has 39 heavy (non-hydrogen) atoms. The van der Waals surface area contributed by atoms with Crippen molar-refractivity contribution in [2.24, 2.45) is 5.73 Å². The van der Waals surface area contributed by atoms with E-state index >= 15 is 0 Å². The van der Waals surface area contributed by atoms with Gasteiger partial charge in [-0.15, -0.1) is 12.4 Å². The number of ether oxygens (including phenoxy) is 1. The van der Waals surface area contributed by atoms with Crippen molar-refractivity contribution in [3.05, 3.63) is 60.9 Å². The third-order valence-corrected chi connectivity index (χ3v) is 6.39. The number of nitrogens with one attached hydrogen (secondary N) is 1. The molecule has 0 aliphatic carbocycles. The second-order valence-electron chi connectivity index (χ2n) is 9.46. The van der Waals surface area contributed by atoms with Crippen LogP contribution in [0, 0.1) is 5.82 Å². The highest BCUT2D eigenvalue weighted by Gasteiger charge is 2.29. The van der Waals surface area contributed by atoms with Gasteiger partial charge in [0.1, 0.15) is 23.2 Å². The minimum atomic E-state index is -2.75. The van der Waals surface area contributed by atoms with E-state index in [0.717, 1.165) is 25.1 Å². The summed E-state index contributed by atoms with van der Waals surface area (Å²) in [5.74, 6) is 0.798. The number of alkyl halides is 2. The van der Waals surface area contributed by atoms with E-state index < -0.39 is 17.9 Å². The summed E-state index contributed by atoms with van der Waals surface area (Å²) in [7, 11) is 1.45. The van der Waals surface area contributed by atoms with Crippen molar-refractivity contribution in [1.29, 1.82) is 0 Å². The van der Waals surface area contributed by atoms with E-state index in [9.17, 15) is 13.2 Å². The number of piperidine rings is 1. The first-order valence-electron chi connectivity index (χ1n) is 12.0. The molecular formula is C26H28ClF3N8O. The summed E-state index contributed by atoms with van der Waals surface area (Å²) in [5.41, 5.74) is 8.15. The monoisotopic (exact) mass is 560 g/mol. The van der Waals surface area contributed by atoms with E-state index in [2.05, 4.69) is 30.3 Å². The zero-order valence-electron chi connectivity index (χ0n) is 21.3. The molecule has 0 saturated carbocycles. The molecule has 4 heterocycles. The fraction of sp³-hybridized carbons (Fsp3) is 0.308. The quantitative estimate of drug-likeness (QED) is 0.308. The van der Waals surface area contributed by atoms with Crippen LogP contribution in [0.25, 0.3) is 22.5 Å². The molecule has 0 radical (unpaired) electrons. The minimum Gasteiger partial charge on any atom is -0.496 e. The lowest BCUT2D eigenvalue weighted by Gasteiger charge is -2.40. The van der Waals surface area contributed by atoms with Gasteiger partial charge in [-0.2, -0.15) is 13.9 Å². The maximum Gasteiger partial charge on any atom is 0.333 e. The smallest absolute Gasteiger partial charge is 0.333 e. The number of hydrogen-bond donors (Lipinski definition) is 2. The van der Waals surface area contributed by atoms with Gasteiger partial charge in [0, 0.05) is 60.1 Å². The average molecular weight is 561 g/mol. The van der Waals surface area contributed by atoms with Crippen LogP contribution in [-0.2, 0) is 0 Å². The summed E-state index contributed by atoms with van der Waals surface area (Å²) in [5, 5.41) is 6.93. The van der Waals surface area contributed by atoms with E-state index in [1.807, 2.05) is 13.0 Å². The number of nitrogens with two attached hydrogens (primary N) is 1. The first-order chi connectivity index (χ1) is 18.2. The highest BCUT2D eigenvalue weighted by atomic mass is 35.5. The molecule has 9 nitrogen and oxygen atoms in total. The molecule has 1 saturated heterocycles. The molecule has 5 rings (SSSR count). The summed E-state index contributed by atoms with van der Waals surface area (Å²) in [4.78, 5) is 15.3. The molecule has 1 atom stereocenters. The molecule has 0 unspecified atom stereocenters. The Kier molecular flexibility index (Phi) is 8.26. The van der Waals surface area contributed by atoms with E-state index in [0.29, 0.717) is 39.7 Å². The Morgan fingerprint density at radius 3 is 2.69 bits per heavy atom. The van der Waals surface area contributed by atoms with Crippen LogP contribution in [0.1, 0.15) is 26.3 Å². The molecule has 3 N–H and O–H groups in total. The van der Waals surface area contributed by atoms with Crippen molar-refractivity contribution in [2.75, 3.05) is 30.4 Å². The second-order valence-corrected chi connectivity index (χ2v) is 9.46. The number of benzene rings is 1. The topological polar surface area (TPSA) is 107 Å². The normalized spacial score (nSPS) is 17.2. The third kappa shape index (κ3) is 6.07. The van der Waals surface area contributed by atoms with Gasteiger partial charge < -0.3 is 20.7 Å². The Morgan fingerprint density at radius 2 is 1.97 bits per heavy atom. The molecule has 1 aliphatic heterocycles. The standard InChI is InChI=1S/C26H27F3N8O.ClH/c1-26(30)8-4-10-36(15-26)19-11-22(32-13-17(19)16-12-33-37(14-16)25(28)29)34-21-7-9-31-24(35-21)23-18(27)5-3-6-20(23)38-2;/h3,5-7,9,11-14,25H,4,8,10,15,30H2,1-2H3,(H,31,32,34,35);1H/t26-;/m0./s1. The number of aromatic nitrogens is 5. The molecule has 3 aromatic heterocycles. The first-order valence-corrected chi connectivity index (χ1v) is 12.0. The van der Waals surface area contributed by atoms with Crippen LogP contribution in [0.5, 0.6) is 5.75 Å².